The van der Waals surface area contributed by atoms with Gasteiger partial charge in [-0.1, -0.05) is 36.4 Å². The molecular weight excluding hydrogens is 408 g/mol. The zero-order chi connectivity index (χ0) is 21.2. The Labute approximate surface area is 183 Å². The average molecular weight is 429 g/mol. The summed E-state index contributed by atoms with van der Waals surface area (Å²) in [4.78, 5) is 27.6. The average Bonchev–Trinajstić information content (AvgIpc) is 3.49. The van der Waals surface area contributed by atoms with E-state index < -0.39 is 0 Å². The maximum Gasteiger partial charge on any atom is 0.265 e. The first kappa shape index (κ1) is 19.3. The van der Waals surface area contributed by atoms with E-state index in [0.717, 1.165) is 22.6 Å². The van der Waals surface area contributed by atoms with Gasteiger partial charge in [-0.3, -0.25) is 9.59 Å². The number of fused-ring (bicyclic) bond motifs is 1. The van der Waals surface area contributed by atoms with E-state index in [-0.39, 0.29) is 11.8 Å². The van der Waals surface area contributed by atoms with E-state index in [1.165, 1.54) is 11.3 Å². The first-order chi connectivity index (χ1) is 15.2. The third-order valence-corrected chi connectivity index (χ3v) is 6.19. The van der Waals surface area contributed by atoms with Crippen molar-refractivity contribution in [3.63, 3.8) is 0 Å². The van der Waals surface area contributed by atoms with Crippen LogP contribution in [0.15, 0.2) is 82.6 Å². The van der Waals surface area contributed by atoms with Crippen LogP contribution < -0.4 is 5.32 Å². The van der Waals surface area contributed by atoms with Crippen LogP contribution in [-0.2, 0) is 13.0 Å². The molecule has 31 heavy (non-hydrogen) atoms. The molecule has 5 rings (SSSR count). The second-order valence-electron chi connectivity index (χ2n) is 7.41. The number of benzene rings is 2. The van der Waals surface area contributed by atoms with Crippen LogP contribution in [-0.4, -0.2) is 23.3 Å². The van der Waals surface area contributed by atoms with Crippen molar-refractivity contribution >= 4 is 28.8 Å². The van der Waals surface area contributed by atoms with E-state index >= 15 is 0 Å². The molecule has 5 nitrogen and oxygen atoms in total. The summed E-state index contributed by atoms with van der Waals surface area (Å²) < 4.78 is 6.11. The lowest BCUT2D eigenvalue weighted by atomic mass is 10.1. The Morgan fingerprint density at radius 1 is 0.968 bits per heavy atom. The van der Waals surface area contributed by atoms with Crippen LogP contribution in [0.3, 0.4) is 0 Å². The number of nitrogens with one attached hydrogen (secondary N) is 1. The SMILES string of the molecule is O=C(Nc1cccc(-c2cc3c(o2)CCN(C(=O)c2ccccc2)C3)c1)c1cccs1. The number of carbonyl (C=O) groups is 2. The van der Waals surface area contributed by atoms with Crippen LogP contribution in [0.25, 0.3) is 11.3 Å². The Hall–Kier alpha value is -3.64. The molecule has 0 aliphatic carbocycles. The van der Waals surface area contributed by atoms with Crippen molar-refractivity contribution in [1.29, 1.82) is 0 Å². The minimum absolute atomic E-state index is 0.0345. The highest BCUT2D eigenvalue weighted by Gasteiger charge is 2.25. The van der Waals surface area contributed by atoms with Gasteiger partial charge in [0, 0.05) is 41.9 Å². The van der Waals surface area contributed by atoms with Crippen LogP contribution in [0.1, 0.15) is 31.4 Å². The number of furan rings is 1. The van der Waals surface area contributed by atoms with Crippen molar-refractivity contribution in [3.05, 3.63) is 99.9 Å². The van der Waals surface area contributed by atoms with Crippen molar-refractivity contribution in [2.75, 3.05) is 11.9 Å². The fourth-order valence-electron chi connectivity index (χ4n) is 3.76. The minimum atomic E-state index is -0.124. The van der Waals surface area contributed by atoms with Crippen molar-refractivity contribution in [1.82, 2.24) is 4.90 Å². The smallest absolute Gasteiger partial charge is 0.265 e. The Kier molecular flexibility index (Phi) is 5.14. The molecule has 4 aromatic rings. The van der Waals surface area contributed by atoms with Gasteiger partial charge in [0.2, 0.25) is 0 Å². The normalized spacial score (nSPS) is 13.0. The summed E-state index contributed by atoms with van der Waals surface area (Å²) >= 11 is 1.41. The molecule has 0 fully saturated rings. The third-order valence-electron chi connectivity index (χ3n) is 5.32. The lowest BCUT2D eigenvalue weighted by Gasteiger charge is -2.26. The molecule has 0 atom stereocenters. The maximum atomic E-state index is 12.8. The maximum absolute atomic E-state index is 12.8. The van der Waals surface area contributed by atoms with Gasteiger partial charge in [0.25, 0.3) is 11.8 Å². The summed E-state index contributed by atoms with van der Waals surface area (Å²) in [6.45, 7) is 1.16. The highest BCUT2D eigenvalue weighted by Crippen LogP contribution is 2.31. The van der Waals surface area contributed by atoms with Gasteiger partial charge in [-0.05, 0) is 41.8 Å². The number of carbonyl (C=O) groups excluding carboxylic acids is 2. The van der Waals surface area contributed by atoms with Crippen LogP contribution in [0.5, 0.6) is 0 Å². The molecule has 1 N–H and O–H groups in total. The number of amides is 2. The highest BCUT2D eigenvalue weighted by molar-refractivity contribution is 7.12. The van der Waals surface area contributed by atoms with E-state index in [0.29, 0.717) is 35.6 Å². The number of anilines is 1. The molecule has 0 saturated heterocycles. The second-order valence-corrected chi connectivity index (χ2v) is 8.36. The molecule has 0 bridgehead atoms. The molecule has 6 heteroatoms. The van der Waals surface area contributed by atoms with Crippen LogP contribution >= 0.6 is 11.3 Å². The lowest BCUT2D eigenvalue weighted by Crippen LogP contribution is -2.35. The fraction of sp³-hybridized carbons (Fsp3) is 0.120. The predicted molar refractivity (Wildman–Crippen MR) is 121 cm³/mol. The molecule has 0 radical (unpaired) electrons. The molecule has 2 amide bonds. The van der Waals surface area contributed by atoms with Gasteiger partial charge in [-0.15, -0.1) is 11.3 Å². The number of hydrogen-bond donors (Lipinski definition) is 1. The standard InChI is InChI=1S/C25H20N2O3S/c28-24(23-10-5-13-31-23)26-20-9-4-8-18(14-20)22-15-19-16-27(12-11-21(19)30-22)25(29)17-6-2-1-3-7-17/h1-10,13-15H,11-12,16H2,(H,26,28). The van der Waals surface area contributed by atoms with E-state index in [1.54, 1.807) is 6.07 Å². The van der Waals surface area contributed by atoms with Crippen LogP contribution in [0.2, 0.25) is 0 Å². The third kappa shape index (κ3) is 4.02. The Balaban J connectivity index is 1.34. The summed E-state index contributed by atoms with van der Waals surface area (Å²) in [5.41, 5.74) is 3.33. The molecule has 1 aliphatic rings. The summed E-state index contributed by atoms with van der Waals surface area (Å²) in [5, 5.41) is 4.81. The first-order valence-electron chi connectivity index (χ1n) is 10.1. The van der Waals surface area contributed by atoms with E-state index in [1.807, 2.05) is 77.0 Å². The summed E-state index contributed by atoms with van der Waals surface area (Å²) in [5.74, 6) is 1.57. The van der Waals surface area contributed by atoms with Crippen LogP contribution in [0, 0.1) is 0 Å². The van der Waals surface area contributed by atoms with Gasteiger partial charge in [-0.25, -0.2) is 0 Å². The molecule has 0 spiro atoms. The van der Waals surface area contributed by atoms with Gasteiger partial charge in [0.15, 0.2) is 0 Å². The molecular formula is C25H20N2O3S. The van der Waals surface area contributed by atoms with Crippen molar-refractivity contribution in [3.8, 4) is 11.3 Å². The number of rotatable bonds is 4. The monoisotopic (exact) mass is 428 g/mol. The Morgan fingerprint density at radius 2 is 1.84 bits per heavy atom. The lowest BCUT2D eigenvalue weighted by molar-refractivity contribution is 0.0730. The van der Waals surface area contributed by atoms with Gasteiger partial charge in [0.05, 0.1) is 4.88 Å². The highest BCUT2D eigenvalue weighted by atomic mass is 32.1. The molecule has 0 unspecified atom stereocenters. The summed E-state index contributed by atoms with van der Waals surface area (Å²) in [6.07, 6.45) is 0.683. The van der Waals surface area contributed by atoms with E-state index in [4.69, 9.17) is 4.42 Å². The molecule has 1 aliphatic heterocycles. The zero-order valence-electron chi connectivity index (χ0n) is 16.7. The van der Waals surface area contributed by atoms with Gasteiger partial charge in [-0.2, -0.15) is 0 Å². The van der Waals surface area contributed by atoms with Crippen molar-refractivity contribution in [2.45, 2.75) is 13.0 Å². The number of thiophene rings is 1. The molecule has 154 valence electrons. The van der Waals surface area contributed by atoms with Crippen LogP contribution in [0.4, 0.5) is 5.69 Å². The van der Waals surface area contributed by atoms with Gasteiger partial charge < -0.3 is 14.6 Å². The van der Waals surface area contributed by atoms with Crippen molar-refractivity contribution in [2.24, 2.45) is 0 Å². The minimum Gasteiger partial charge on any atom is -0.461 e. The van der Waals surface area contributed by atoms with Crippen molar-refractivity contribution < 1.29 is 14.0 Å². The number of nitrogens with zero attached hydrogens (tertiary/aromatic N) is 1. The zero-order valence-corrected chi connectivity index (χ0v) is 17.5. The topological polar surface area (TPSA) is 62.6 Å². The van der Waals surface area contributed by atoms with Gasteiger partial charge >= 0.3 is 0 Å². The largest absolute Gasteiger partial charge is 0.461 e. The Bertz CT molecular complexity index is 1230. The predicted octanol–water partition coefficient (Wildman–Crippen LogP) is 5.46. The molecule has 2 aromatic heterocycles. The molecule has 2 aromatic carbocycles. The second kappa shape index (κ2) is 8.24. The van der Waals surface area contributed by atoms with Gasteiger partial charge in [0.1, 0.15) is 11.5 Å². The molecule has 3 heterocycles. The summed E-state index contributed by atoms with van der Waals surface area (Å²) in [6, 6.07) is 22.6. The number of hydrogen-bond acceptors (Lipinski definition) is 4. The molecule has 0 saturated carbocycles. The van der Waals surface area contributed by atoms with E-state index in [9.17, 15) is 9.59 Å². The van der Waals surface area contributed by atoms with E-state index in [2.05, 4.69) is 5.32 Å². The fourth-order valence-corrected chi connectivity index (χ4v) is 4.38. The summed E-state index contributed by atoms with van der Waals surface area (Å²) in [7, 11) is 0. The Morgan fingerprint density at radius 3 is 2.65 bits per heavy atom. The first-order valence-corrected chi connectivity index (χ1v) is 11.0. The quantitative estimate of drug-likeness (QED) is 0.470.